The molecule has 2 heteroatoms. The van der Waals surface area contributed by atoms with E-state index in [0.29, 0.717) is 6.04 Å². The predicted molar refractivity (Wildman–Crippen MR) is 50.9 cm³/mol. The summed E-state index contributed by atoms with van der Waals surface area (Å²) in [5.41, 5.74) is 5.96. The molecule has 12 heavy (non-hydrogen) atoms. The molecule has 1 saturated heterocycles. The maximum atomic E-state index is 5.96. The second kappa shape index (κ2) is 3.35. The van der Waals surface area contributed by atoms with Crippen LogP contribution in [0.3, 0.4) is 0 Å². The second-order valence-electron chi connectivity index (χ2n) is 4.64. The minimum atomic E-state index is 0.509. The lowest BCUT2D eigenvalue weighted by atomic mass is 9.73. The van der Waals surface area contributed by atoms with Crippen LogP contribution >= 0.6 is 0 Å². The third-order valence-corrected chi connectivity index (χ3v) is 3.61. The van der Waals surface area contributed by atoms with Gasteiger partial charge in [-0.1, -0.05) is 0 Å². The molecule has 2 aliphatic rings. The third kappa shape index (κ3) is 1.64. The molecule has 0 radical (unpaired) electrons. The molecule has 1 aliphatic heterocycles. The smallest absolute Gasteiger partial charge is 0.00416 e. The molecule has 2 N–H and O–H groups in total. The predicted octanol–water partition coefficient (Wildman–Crippen LogP) is 1.07. The molecule has 70 valence electrons. The van der Waals surface area contributed by atoms with E-state index < -0.39 is 0 Å². The largest absolute Gasteiger partial charge is 0.328 e. The molecule has 0 amide bonds. The van der Waals surface area contributed by atoms with E-state index in [2.05, 4.69) is 11.9 Å². The molecule has 1 saturated carbocycles. The summed E-state index contributed by atoms with van der Waals surface area (Å²) in [6.45, 7) is 2.60. The Hall–Kier alpha value is -0.0800. The highest BCUT2D eigenvalue weighted by molar-refractivity contribution is 4.86. The van der Waals surface area contributed by atoms with Crippen molar-refractivity contribution < 1.29 is 0 Å². The maximum Gasteiger partial charge on any atom is 0.00416 e. The van der Waals surface area contributed by atoms with Crippen LogP contribution in [0.1, 0.15) is 25.7 Å². The quantitative estimate of drug-likeness (QED) is 0.586. The van der Waals surface area contributed by atoms with Gasteiger partial charge < -0.3 is 10.6 Å². The molecular weight excluding hydrogens is 148 g/mol. The number of fused-ring (bicyclic) bond motifs is 1. The number of nitrogens with two attached hydrogens (primary N) is 1. The first-order valence-electron chi connectivity index (χ1n) is 5.20. The molecule has 0 spiro atoms. The van der Waals surface area contributed by atoms with Crippen LogP contribution in [0.15, 0.2) is 0 Å². The van der Waals surface area contributed by atoms with Crippen molar-refractivity contribution in [3.63, 3.8) is 0 Å². The summed E-state index contributed by atoms with van der Waals surface area (Å²) in [4.78, 5) is 2.47. The van der Waals surface area contributed by atoms with Crippen LogP contribution in [0, 0.1) is 11.8 Å². The zero-order valence-electron chi connectivity index (χ0n) is 8.00. The van der Waals surface area contributed by atoms with E-state index in [1.54, 1.807) is 0 Å². The van der Waals surface area contributed by atoms with Crippen LogP contribution in [0.4, 0.5) is 0 Å². The van der Waals surface area contributed by atoms with Crippen LogP contribution in [-0.4, -0.2) is 31.1 Å². The van der Waals surface area contributed by atoms with Crippen molar-refractivity contribution in [3.8, 4) is 0 Å². The van der Waals surface area contributed by atoms with Gasteiger partial charge in [-0.25, -0.2) is 0 Å². The molecule has 1 aliphatic carbocycles. The standard InChI is InChI=1S/C10H20N2/c1-12-5-4-8-6-10(11)3-2-9(8)7-12/h8-10H,2-7,11H2,1H3/t8-,9-,10-/m0/s1. The van der Waals surface area contributed by atoms with Gasteiger partial charge in [0.25, 0.3) is 0 Å². The van der Waals surface area contributed by atoms with E-state index in [9.17, 15) is 0 Å². The van der Waals surface area contributed by atoms with Gasteiger partial charge in [0.05, 0.1) is 0 Å². The van der Waals surface area contributed by atoms with Crippen molar-refractivity contribution in [1.29, 1.82) is 0 Å². The van der Waals surface area contributed by atoms with Gasteiger partial charge in [0.1, 0.15) is 0 Å². The summed E-state index contributed by atoms with van der Waals surface area (Å²) in [6.07, 6.45) is 5.30. The highest BCUT2D eigenvalue weighted by atomic mass is 15.1. The zero-order chi connectivity index (χ0) is 8.55. The second-order valence-corrected chi connectivity index (χ2v) is 4.64. The lowest BCUT2D eigenvalue weighted by Crippen LogP contribution is -2.43. The minimum Gasteiger partial charge on any atom is -0.328 e. The van der Waals surface area contributed by atoms with Crippen molar-refractivity contribution in [2.75, 3.05) is 20.1 Å². The molecule has 1 heterocycles. The van der Waals surface area contributed by atoms with E-state index in [1.807, 2.05) is 0 Å². The van der Waals surface area contributed by atoms with Gasteiger partial charge in [0, 0.05) is 12.6 Å². The van der Waals surface area contributed by atoms with E-state index >= 15 is 0 Å². The van der Waals surface area contributed by atoms with Crippen molar-refractivity contribution in [2.45, 2.75) is 31.7 Å². The SMILES string of the molecule is CN1CC[C@H]2C[C@@H](N)CC[C@H]2C1. The lowest BCUT2D eigenvalue weighted by Gasteiger charge is -2.41. The Bertz CT molecular complexity index is 140. The molecule has 0 unspecified atom stereocenters. The Kier molecular flexibility index (Phi) is 2.37. The fourth-order valence-electron chi connectivity index (χ4n) is 2.83. The zero-order valence-corrected chi connectivity index (χ0v) is 8.00. The normalized spacial score (nSPS) is 44.0. The monoisotopic (exact) mass is 168 g/mol. The molecule has 0 aromatic heterocycles. The molecule has 2 rings (SSSR count). The fourth-order valence-corrected chi connectivity index (χ4v) is 2.83. The van der Waals surface area contributed by atoms with E-state index in [4.69, 9.17) is 5.73 Å². The number of piperidine rings is 1. The van der Waals surface area contributed by atoms with Crippen LogP contribution in [0.25, 0.3) is 0 Å². The van der Waals surface area contributed by atoms with E-state index in [1.165, 1.54) is 38.8 Å². The molecule has 0 bridgehead atoms. The summed E-state index contributed by atoms with van der Waals surface area (Å²) >= 11 is 0. The summed E-state index contributed by atoms with van der Waals surface area (Å²) < 4.78 is 0. The van der Waals surface area contributed by atoms with Crippen molar-refractivity contribution in [3.05, 3.63) is 0 Å². The van der Waals surface area contributed by atoms with Gasteiger partial charge in [-0.15, -0.1) is 0 Å². The Morgan fingerprint density at radius 2 is 2.00 bits per heavy atom. The Morgan fingerprint density at radius 3 is 2.83 bits per heavy atom. The van der Waals surface area contributed by atoms with Crippen LogP contribution < -0.4 is 5.73 Å². The first-order chi connectivity index (χ1) is 5.75. The molecular formula is C10H20N2. The third-order valence-electron chi connectivity index (χ3n) is 3.61. The first kappa shape index (κ1) is 8.52. The molecule has 0 aromatic rings. The van der Waals surface area contributed by atoms with Crippen LogP contribution in [0.5, 0.6) is 0 Å². The van der Waals surface area contributed by atoms with Crippen LogP contribution in [0.2, 0.25) is 0 Å². The number of rotatable bonds is 0. The lowest BCUT2D eigenvalue weighted by molar-refractivity contribution is 0.0968. The van der Waals surface area contributed by atoms with Gasteiger partial charge >= 0.3 is 0 Å². The van der Waals surface area contributed by atoms with Gasteiger partial charge in [-0.2, -0.15) is 0 Å². The average Bonchev–Trinajstić information content (AvgIpc) is 2.05. The number of hydrogen-bond acceptors (Lipinski definition) is 2. The van der Waals surface area contributed by atoms with Gasteiger partial charge in [-0.05, 0) is 51.1 Å². The number of hydrogen-bond donors (Lipinski definition) is 1. The Morgan fingerprint density at radius 1 is 1.17 bits per heavy atom. The van der Waals surface area contributed by atoms with Gasteiger partial charge in [0.15, 0.2) is 0 Å². The summed E-state index contributed by atoms with van der Waals surface area (Å²) in [6, 6.07) is 0.509. The summed E-state index contributed by atoms with van der Waals surface area (Å²) in [5, 5.41) is 0. The Balaban J connectivity index is 1.94. The molecule has 3 atom stereocenters. The highest BCUT2D eigenvalue weighted by Gasteiger charge is 2.32. The maximum absolute atomic E-state index is 5.96. The van der Waals surface area contributed by atoms with Crippen molar-refractivity contribution in [1.82, 2.24) is 4.90 Å². The van der Waals surface area contributed by atoms with Crippen molar-refractivity contribution in [2.24, 2.45) is 17.6 Å². The first-order valence-corrected chi connectivity index (χ1v) is 5.20. The summed E-state index contributed by atoms with van der Waals surface area (Å²) in [5.74, 6) is 1.91. The van der Waals surface area contributed by atoms with Gasteiger partial charge in [0.2, 0.25) is 0 Å². The topological polar surface area (TPSA) is 29.3 Å². The van der Waals surface area contributed by atoms with E-state index in [0.717, 1.165) is 11.8 Å². The fraction of sp³-hybridized carbons (Fsp3) is 1.00. The van der Waals surface area contributed by atoms with Crippen molar-refractivity contribution >= 4 is 0 Å². The summed E-state index contributed by atoms with van der Waals surface area (Å²) in [7, 11) is 2.24. The molecule has 0 aromatic carbocycles. The van der Waals surface area contributed by atoms with Crippen LogP contribution in [-0.2, 0) is 0 Å². The Labute approximate surface area is 75.1 Å². The van der Waals surface area contributed by atoms with E-state index in [-0.39, 0.29) is 0 Å². The number of nitrogens with zero attached hydrogens (tertiary/aromatic N) is 1. The average molecular weight is 168 g/mol. The molecule has 2 fully saturated rings. The van der Waals surface area contributed by atoms with Gasteiger partial charge in [-0.3, -0.25) is 0 Å². The molecule has 2 nitrogen and oxygen atoms in total. The number of likely N-dealkylation sites (tertiary alicyclic amines) is 1. The minimum absolute atomic E-state index is 0.509. The highest BCUT2D eigenvalue weighted by Crippen LogP contribution is 2.34.